The normalized spacial score (nSPS) is 17.0. The number of aromatic nitrogens is 2. The SMILES string of the molecule is CCNC(=NCc1ccccc1Cn1cccn1)NCCN1CCCS1(=O)=O. The fourth-order valence-electron chi connectivity index (χ4n) is 3.18. The first-order chi connectivity index (χ1) is 13.6. The zero-order valence-electron chi connectivity index (χ0n) is 16.2. The largest absolute Gasteiger partial charge is 0.357 e. The smallest absolute Gasteiger partial charge is 0.214 e. The van der Waals surface area contributed by atoms with Gasteiger partial charge in [0.05, 0.1) is 18.8 Å². The summed E-state index contributed by atoms with van der Waals surface area (Å²) < 4.78 is 27.2. The van der Waals surface area contributed by atoms with Crippen molar-refractivity contribution in [2.45, 2.75) is 26.4 Å². The number of nitrogens with one attached hydrogen (secondary N) is 2. The standard InChI is InChI=1S/C19H28N6O2S/c1-2-20-19(21-10-13-25-12-6-14-28(25,26)27)22-15-17-7-3-4-8-18(17)16-24-11-5-9-23-24/h3-5,7-9,11H,2,6,10,12-16H2,1H3,(H2,20,21,22). The lowest BCUT2D eigenvalue weighted by Gasteiger charge is -2.16. The van der Waals surface area contributed by atoms with Gasteiger partial charge in [-0.1, -0.05) is 24.3 Å². The second kappa shape index (κ2) is 9.70. The van der Waals surface area contributed by atoms with Crippen LogP contribution in [-0.2, 0) is 23.1 Å². The molecule has 1 aromatic carbocycles. The third-order valence-electron chi connectivity index (χ3n) is 4.62. The van der Waals surface area contributed by atoms with Crippen LogP contribution in [0.2, 0.25) is 0 Å². The van der Waals surface area contributed by atoms with Gasteiger partial charge in [0.1, 0.15) is 0 Å². The molecule has 0 spiro atoms. The molecular formula is C19H28N6O2S. The number of guanidine groups is 1. The molecule has 8 nitrogen and oxygen atoms in total. The van der Waals surface area contributed by atoms with Gasteiger partial charge in [0.25, 0.3) is 0 Å². The molecule has 0 atom stereocenters. The van der Waals surface area contributed by atoms with Gasteiger partial charge in [0.15, 0.2) is 5.96 Å². The van der Waals surface area contributed by atoms with Gasteiger partial charge in [0, 0.05) is 38.6 Å². The summed E-state index contributed by atoms with van der Waals surface area (Å²) in [4.78, 5) is 4.67. The van der Waals surface area contributed by atoms with E-state index in [4.69, 9.17) is 0 Å². The van der Waals surface area contributed by atoms with Crippen LogP contribution in [0.1, 0.15) is 24.5 Å². The number of hydrogen-bond donors (Lipinski definition) is 2. The Labute approximate surface area is 166 Å². The highest BCUT2D eigenvalue weighted by molar-refractivity contribution is 7.89. The fraction of sp³-hybridized carbons (Fsp3) is 0.474. The number of aliphatic imine (C=N–C) groups is 1. The monoisotopic (exact) mass is 404 g/mol. The lowest BCUT2D eigenvalue weighted by molar-refractivity contribution is 0.445. The predicted molar refractivity (Wildman–Crippen MR) is 111 cm³/mol. The number of nitrogens with zero attached hydrogens (tertiary/aromatic N) is 4. The number of hydrogen-bond acceptors (Lipinski definition) is 4. The van der Waals surface area contributed by atoms with Crippen LogP contribution in [0.5, 0.6) is 0 Å². The van der Waals surface area contributed by atoms with Crippen molar-refractivity contribution in [1.82, 2.24) is 24.7 Å². The van der Waals surface area contributed by atoms with Crippen molar-refractivity contribution in [3.8, 4) is 0 Å². The average Bonchev–Trinajstić information content (AvgIpc) is 3.30. The van der Waals surface area contributed by atoms with E-state index in [0.717, 1.165) is 12.1 Å². The summed E-state index contributed by atoms with van der Waals surface area (Å²) in [7, 11) is -3.06. The van der Waals surface area contributed by atoms with Gasteiger partial charge in [-0.2, -0.15) is 5.10 Å². The molecule has 1 aromatic heterocycles. The van der Waals surface area contributed by atoms with Gasteiger partial charge in [0.2, 0.25) is 10.0 Å². The summed E-state index contributed by atoms with van der Waals surface area (Å²) in [6, 6.07) is 10.1. The van der Waals surface area contributed by atoms with E-state index in [1.165, 1.54) is 5.56 Å². The van der Waals surface area contributed by atoms with Crippen molar-refractivity contribution < 1.29 is 8.42 Å². The van der Waals surface area contributed by atoms with Crippen LogP contribution in [0.15, 0.2) is 47.7 Å². The lowest BCUT2D eigenvalue weighted by atomic mass is 10.1. The lowest BCUT2D eigenvalue weighted by Crippen LogP contribution is -2.42. The van der Waals surface area contributed by atoms with Crippen molar-refractivity contribution in [3.63, 3.8) is 0 Å². The molecule has 2 heterocycles. The van der Waals surface area contributed by atoms with E-state index in [9.17, 15) is 8.42 Å². The van der Waals surface area contributed by atoms with Crippen LogP contribution < -0.4 is 10.6 Å². The summed E-state index contributed by atoms with van der Waals surface area (Å²) in [6.07, 6.45) is 4.43. The van der Waals surface area contributed by atoms with E-state index in [0.29, 0.717) is 45.1 Å². The molecule has 0 radical (unpaired) electrons. The molecule has 1 aliphatic rings. The summed E-state index contributed by atoms with van der Waals surface area (Å²) in [5.74, 6) is 0.946. The Bertz CT molecular complexity index is 880. The molecule has 152 valence electrons. The maximum absolute atomic E-state index is 11.9. The van der Waals surface area contributed by atoms with Crippen LogP contribution in [0.4, 0.5) is 0 Å². The van der Waals surface area contributed by atoms with Crippen molar-refractivity contribution in [3.05, 3.63) is 53.9 Å². The third kappa shape index (κ3) is 5.56. The topological polar surface area (TPSA) is 91.6 Å². The molecule has 0 amide bonds. The summed E-state index contributed by atoms with van der Waals surface area (Å²) in [5.41, 5.74) is 2.31. The van der Waals surface area contributed by atoms with Crippen molar-refractivity contribution in [1.29, 1.82) is 0 Å². The predicted octanol–water partition coefficient (Wildman–Crippen LogP) is 1.02. The first-order valence-electron chi connectivity index (χ1n) is 9.62. The molecule has 0 unspecified atom stereocenters. The van der Waals surface area contributed by atoms with Gasteiger partial charge in [-0.05, 0) is 30.5 Å². The average molecular weight is 405 g/mol. The van der Waals surface area contributed by atoms with E-state index >= 15 is 0 Å². The van der Waals surface area contributed by atoms with Gasteiger partial charge < -0.3 is 10.6 Å². The second-order valence-electron chi connectivity index (χ2n) is 6.66. The van der Waals surface area contributed by atoms with E-state index in [1.54, 1.807) is 10.5 Å². The van der Waals surface area contributed by atoms with E-state index < -0.39 is 10.0 Å². The fourth-order valence-corrected chi connectivity index (χ4v) is 4.71. The summed E-state index contributed by atoms with van der Waals surface area (Å²) in [5, 5.41) is 10.7. The number of benzene rings is 1. The molecule has 1 fully saturated rings. The van der Waals surface area contributed by atoms with Gasteiger partial charge in [-0.25, -0.2) is 17.7 Å². The highest BCUT2D eigenvalue weighted by atomic mass is 32.2. The Hall–Kier alpha value is -2.39. The maximum Gasteiger partial charge on any atom is 0.214 e. The minimum absolute atomic E-state index is 0.258. The van der Waals surface area contributed by atoms with Crippen molar-refractivity contribution in [2.75, 3.05) is 31.9 Å². The highest BCUT2D eigenvalue weighted by Crippen LogP contribution is 2.13. The van der Waals surface area contributed by atoms with Crippen LogP contribution in [0, 0.1) is 0 Å². The quantitative estimate of drug-likeness (QED) is 0.506. The first-order valence-corrected chi connectivity index (χ1v) is 11.2. The molecular weight excluding hydrogens is 376 g/mol. The molecule has 0 bridgehead atoms. The van der Waals surface area contributed by atoms with Crippen LogP contribution in [0.3, 0.4) is 0 Å². The Morgan fingerprint density at radius 2 is 2.04 bits per heavy atom. The maximum atomic E-state index is 11.9. The van der Waals surface area contributed by atoms with Crippen LogP contribution in [-0.4, -0.2) is 60.4 Å². The molecule has 0 aliphatic carbocycles. The van der Waals surface area contributed by atoms with E-state index in [2.05, 4.69) is 32.9 Å². The zero-order valence-corrected chi connectivity index (χ0v) is 17.0. The summed E-state index contributed by atoms with van der Waals surface area (Å²) >= 11 is 0. The van der Waals surface area contributed by atoms with Crippen LogP contribution in [0.25, 0.3) is 0 Å². The minimum Gasteiger partial charge on any atom is -0.357 e. The second-order valence-corrected chi connectivity index (χ2v) is 8.75. The summed E-state index contributed by atoms with van der Waals surface area (Å²) in [6.45, 7) is 5.59. The van der Waals surface area contributed by atoms with Gasteiger partial charge in [-0.3, -0.25) is 4.68 Å². The minimum atomic E-state index is -3.06. The number of rotatable bonds is 8. The van der Waals surface area contributed by atoms with Crippen LogP contribution >= 0.6 is 0 Å². The van der Waals surface area contributed by atoms with Crippen molar-refractivity contribution in [2.24, 2.45) is 4.99 Å². The Morgan fingerprint density at radius 1 is 1.21 bits per heavy atom. The van der Waals surface area contributed by atoms with E-state index in [1.807, 2.05) is 36.0 Å². The number of sulfonamides is 1. The first kappa shape index (κ1) is 20.3. The highest BCUT2D eigenvalue weighted by Gasteiger charge is 2.27. The van der Waals surface area contributed by atoms with Gasteiger partial charge in [-0.15, -0.1) is 0 Å². The molecule has 9 heteroatoms. The Balaban J connectivity index is 1.60. The Kier molecular flexibility index (Phi) is 7.05. The molecule has 3 rings (SSSR count). The zero-order chi connectivity index (χ0) is 19.8. The molecule has 2 N–H and O–H groups in total. The van der Waals surface area contributed by atoms with Crippen molar-refractivity contribution >= 4 is 16.0 Å². The molecule has 1 saturated heterocycles. The molecule has 2 aromatic rings. The van der Waals surface area contributed by atoms with Gasteiger partial charge >= 0.3 is 0 Å². The third-order valence-corrected chi connectivity index (χ3v) is 6.58. The Morgan fingerprint density at radius 3 is 2.71 bits per heavy atom. The van der Waals surface area contributed by atoms with E-state index in [-0.39, 0.29) is 5.75 Å². The molecule has 1 aliphatic heterocycles. The molecule has 28 heavy (non-hydrogen) atoms. The molecule has 0 saturated carbocycles.